The second-order valence-corrected chi connectivity index (χ2v) is 19.0. The van der Waals surface area contributed by atoms with Crippen LogP contribution in [-0.4, -0.2) is 0 Å². The Balaban J connectivity index is 1.29. The minimum Gasteiger partial charge on any atom is -0.314 e. The van der Waals surface area contributed by atoms with Gasteiger partial charge in [0, 0.05) is 33.5 Å². The molecule has 5 aromatic rings. The number of hydrogen-bond donors (Lipinski definition) is 0. The SMILES string of the molecule is CC(C)(C)c1ccc(C2=C(N(c3ccc4c(c3)C(C)(C)c3ccccc3-4)c3ccc4c(c3)C3(CCCC3)c3ccccc3-4)CC(C(C)(C)C)C=C2)cc1. The Hall–Kier alpha value is -4.62. The monoisotopic (exact) mass is 693 g/mol. The number of hydrogen-bond acceptors (Lipinski definition) is 1. The van der Waals surface area contributed by atoms with Gasteiger partial charge in [0.2, 0.25) is 0 Å². The molecule has 0 bridgehead atoms. The molecule has 0 amide bonds. The molecule has 1 spiro atoms. The van der Waals surface area contributed by atoms with Crippen molar-refractivity contribution in [2.75, 3.05) is 4.90 Å². The maximum absolute atomic E-state index is 2.67. The van der Waals surface area contributed by atoms with Crippen molar-refractivity contribution in [3.63, 3.8) is 0 Å². The molecule has 0 saturated heterocycles. The average molecular weight is 694 g/mol. The zero-order valence-electron chi connectivity index (χ0n) is 33.1. The lowest BCUT2D eigenvalue weighted by Gasteiger charge is -2.39. The molecule has 1 heteroatoms. The number of allylic oxidation sites excluding steroid dienone is 4. The molecule has 1 atom stereocenters. The highest BCUT2D eigenvalue weighted by Gasteiger charge is 2.45. The van der Waals surface area contributed by atoms with Gasteiger partial charge in [0.05, 0.1) is 0 Å². The number of benzene rings is 5. The van der Waals surface area contributed by atoms with Gasteiger partial charge in [-0.15, -0.1) is 0 Å². The standard InChI is InChI=1S/C52H55N/c1-49(2,3)35-21-19-34(20-22-35)39-26-23-36(50(4,5)6)31-48(39)53(37-24-27-42-40-15-9-11-17-44(40)51(7,8)46(42)32-37)38-25-28-43-41-16-10-12-18-45(41)52(47(43)33-38)29-13-14-30-52/h9-12,15-28,32-33,36H,13-14,29-31H2,1-8H3. The zero-order valence-corrected chi connectivity index (χ0v) is 33.1. The Morgan fingerprint density at radius 3 is 1.75 bits per heavy atom. The highest BCUT2D eigenvalue weighted by molar-refractivity contribution is 5.90. The molecule has 53 heavy (non-hydrogen) atoms. The lowest BCUT2D eigenvalue weighted by molar-refractivity contribution is 0.289. The van der Waals surface area contributed by atoms with Crippen molar-refractivity contribution in [1.29, 1.82) is 0 Å². The fourth-order valence-electron chi connectivity index (χ4n) is 10.3. The molecule has 0 radical (unpaired) electrons. The van der Waals surface area contributed by atoms with Gasteiger partial charge in [-0.25, -0.2) is 0 Å². The van der Waals surface area contributed by atoms with Crippen molar-refractivity contribution < 1.29 is 0 Å². The Labute approximate surface area is 318 Å². The number of fused-ring (bicyclic) bond motifs is 8. The third kappa shape index (κ3) is 5.32. The van der Waals surface area contributed by atoms with Crippen molar-refractivity contribution in [1.82, 2.24) is 0 Å². The highest BCUT2D eigenvalue weighted by Crippen LogP contribution is 2.58. The smallest absolute Gasteiger partial charge is 0.0462 e. The molecular weight excluding hydrogens is 639 g/mol. The molecule has 0 aliphatic heterocycles. The van der Waals surface area contributed by atoms with E-state index in [0.717, 1.165) is 6.42 Å². The first kappa shape index (κ1) is 34.2. The fourth-order valence-corrected chi connectivity index (χ4v) is 10.3. The van der Waals surface area contributed by atoms with Gasteiger partial charge in [-0.1, -0.05) is 165 Å². The molecule has 4 aliphatic rings. The van der Waals surface area contributed by atoms with Crippen molar-refractivity contribution in [2.24, 2.45) is 11.3 Å². The molecular formula is C52H55N. The van der Waals surface area contributed by atoms with Crippen LogP contribution in [0, 0.1) is 11.3 Å². The van der Waals surface area contributed by atoms with Crippen LogP contribution < -0.4 is 4.90 Å². The van der Waals surface area contributed by atoms with Crippen LogP contribution >= 0.6 is 0 Å². The van der Waals surface area contributed by atoms with E-state index in [0.29, 0.717) is 5.92 Å². The first-order valence-corrected chi connectivity index (χ1v) is 20.1. The van der Waals surface area contributed by atoms with Crippen LogP contribution in [-0.2, 0) is 16.2 Å². The summed E-state index contributed by atoms with van der Waals surface area (Å²) in [5.41, 5.74) is 19.7. The van der Waals surface area contributed by atoms with E-state index in [1.807, 2.05) is 0 Å². The maximum Gasteiger partial charge on any atom is 0.0462 e. The average Bonchev–Trinajstić information content (AvgIpc) is 3.81. The maximum atomic E-state index is 2.67. The van der Waals surface area contributed by atoms with E-state index in [2.05, 4.69) is 182 Å². The van der Waals surface area contributed by atoms with E-state index in [4.69, 9.17) is 0 Å². The number of rotatable bonds is 4. The second-order valence-electron chi connectivity index (χ2n) is 19.0. The van der Waals surface area contributed by atoms with Crippen LogP contribution in [0.5, 0.6) is 0 Å². The van der Waals surface area contributed by atoms with E-state index in [1.54, 1.807) is 5.56 Å². The van der Waals surface area contributed by atoms with Gasteiger partial charge in [0.25, 0.3) is 0 Å². The van der Waals surface area contributed by atoms with Crippen molar-refractivity contribution in [3.05, 3.63) is 160 Å². The lowest BCUT2D eigenvalue weighted by atomic mass is 9.74. The van der Waals surface area contributed by atoms with E-state index >= 15 is 0 Å². The summed E-state index contributed by atoms with van der Waals surface area (Å²) in [5, 5.41) is 0. The van der Waals surface area contributed by atoms with Crippen LogP contribution in [0.3, 0.4) is 0 Å². The summed E-state index contributed by atoms with van der Waals surface area (Å²) in [6, 6.07) is 42.5. The van der Waals surface area contributed by atoms with Crippen LogP contribution in [0.1, 0.15) is 121 Å². The van der Waals surface area contributed by atoms with Gasteiger partial charge in [0.1, 0.15) is 0 Å². The molecule has 1 saturated carbocycles. The quantitative estimate of drug-likeness (QED) is 0.181. The van der Waals surface area contributed by atoms with Crippen molar-refractivity contribution in [3.8, 4) is 22.3 Å². The molecule has 0 heterocycles. The highest BCUT2D eigenvalue weighted by atomic mass is 15.2. The summed E-state index contributed by atoms with van der Waals surface area (Å²) < 4.78 is 0. The van der Waals surface area contributed by atoms with Gasteiger partial charge in [-0.05, 0) is 116 Å². The molecule has 9 rings (SSSR count). The summed E-state index contributed by atoms with van der Waals surface area (Å²) >= 11 is 0. The second kappa shape index (κ2) is 11.9. The molecule has 0 N–H and O–H groups in total. The van der Waals surface area contributed by atoms with Crippen molar-refractivity contribution >= 4 is 16.9 Å². The summed E-state index contributed by atoms with van der Waals surface area (Å²) in [4.78, 5) is 2.67. The Morgan fingerprint density at radius 1 is 0.585 bits per heavy atom. The summed E-state index contributed by atoms with van der Waals surface area (Å²) in [5.74, 6) is 0.410. The molecule has 1 nitrogen and oxygen atoms in total. The minimum atomic E-state index is -0.0818. The van der Waals surface area contributed by atoms with Crippen LogP contribution in [0.25, 0.3) is 27.8 Å². The van der Waals surface area contributed by atoms with Gasteiger partial charge in [-0.3, -0.25) is 0 Å². The van der Waals surface area contributed by atoms with Gasteiger partial charge in [0.15, 0.2) is 0 Å². The Kier molecular flexibility index (Phi) is 7.70. The van der Waals surface area contributed by atoms with Crippen molar-refractivity contribution in [2.45, 2.75) is 104 Å². The van der Waals surface area contributed by atoms with E-state index in [9.17, 15) is 0 Å². The first-order valence-electron chi connectivity index (χ1n) is 20.1. The van der Waals surface area contributed by atoms with Crippen LogP contribution in [0.15, 0.2) is 127 Å². The molecule has 5 aromatic carbocycles. The molecule has 0 aromatic heterocycles. The van der Waals surface area contributed by atoms with Crippen LogP contribution in [0.2, 0.25) is 0 Å². The van der Waals surface area contributed by atoms with E-state index in [1.165, 1.54) is 98.4 Å². The normalized spacial score (nSPS) is 19.3. The summed E-state index contributed by atoms with van der Waals surface area (Å²) in [6.45, 7) is 18.9. The minimum absolute atomic E-state index is 0.0818. The first-order chi connectivity index (χ1) is 25.3. The number of nitrogens with zero attached hydrogens (tertiary/aromatic N) is 1. The topological polar surface area (TPSA) is 3.24 Å². The van der Waals surface area contributed by atoms with Gasteiger partial charge >= 0.3 is 0 Å². The summed E-state index contributed by atoms with van der Waals surface area (Å²) in [6.07, 6.45) is 11.0. The predicted octanol–water partition coefficient (Wildman–Crippen LogP) is 14.3. The number of anilines is 2. The largest absolute Gasteiger partial charge is 0.314 e. The lowest BCUT2D eigenvalue weighted by Crippen LogP contribution is -2.28. The summed E-state index contributed by atoms with van der Waals surface area (Å²) in [7, 11) is 0. The Morgan fingerprint density at radius 2 is 1.13 bits per heavy atom. The van der Waals surface area contributed by atoms with Crippen LogP contribution in [0.4, 0.5) is 11.4 Å². The van der Waals surface area contributed by atoms with E-state index in [-0.39, 0.29) is 21.7 Å². The van der Waals surface area contributed by atoms with Gasteiger partial charge in [-0.2, -0.15) is 0 Å². The van der Waals surface area contributed by atoms with E-state index < -0.39 is 0 Å². The predicted molar refractivity (Wildman–Crippen MR) is 226 cm³/mol. The molecule has 1 unspecified atom stereocenters. The molecule has 4 aliphatic carbocycles. The third-order valence-corrected chi connectivity index (χ3v) is 13.5. The fraction of sp³-hybridized carbons (Fsp3) is 0.346. The molecule has 1 fully saturated rings. The Bertz CT molecular complexity index is 2310. The zero-order chi connectivity index (χ0) is 36.9. The third-order valence-electron chi connectivity index (χ3n) is 13.5. The molecule has 268 valence electrons. The van der Waals surface area contributed by atoms with Gasteiger partial charge < -0.3 is 4.90 Å².